The topological polar surface area (TPSA) is 89.7 Å². The standard InChI is InChI=1S/C14H20N2O4S/c1-2-14(17)16-7-8-20-13-5-4-11(10-12(13)16)21(18,19)9-3-6-15/h4-5,10H,2-3,6-9,15H2,1H3. The largest absolute Gasteiger partial charge is 0.490 e. The van der Waals surface area contributed by atoms with Gasteiger partial charge >= 0.3 is 0 Å². The Balaban J connectivity index is 2.39. The zero-order valence-electron chi connectivity index (χ0n) is 12.0. The molecule has 2 N–H and O–H groups in total. The van der Waals surface area contributed by atoms with Crippen molar-refractivity contribution in [1.82, 2.24) is 0 Å². The highest BCUT2D eigenvalue weighted by Crippen LogP contribution is 2.34. The highest BCUT2D eigenvalue weighted by Gasteiger charge is 2.25. The average Bonchev–Trinajstić information content (AvgIpc) is 2.51. The summed E-state index contributed by atoms with van der Waals surface area (Å²) in [7, 11) is -3.39. The Labute approximate surface area is 124 Å². The van der Waals surface area contributed by atoms with Crippen LogP contribution in [0.15, 0.2) is 23.1 Å². The van der Waals surface area contributed by atoms with E-state index in [9.17, 15) is 13.2 Å². The number of carbonyl (C=O) groups excluding carboxylic acids is 1. The highest BCUT2D eigenvalue weighted by molar-refractivity contribution is 7.91. The first-order chi connectivity index (χ1) is 9.99. The lowest BCUT2D eigenvalue weighted by Crippen LogP contribution is -2.37. The Kier molecular flexibility index (Phi) is 4.84. The van der Waals surface area contributed by atoms with Gasteiger partial charge in [-0.25, -0.2) is 8.42 Å². The lowest BCUT2D eigenvalue weighted by atomic mass is 10.2. The number of anilines is 1. The molecule has 0 unspecified atom stereocenters. The van der Waals surface area contributed by atoms with Crippen molar-refractivity contribution in [2.45, 2.75) is 24.7 Å². The van der Waals surface area contributed by atoms with Gasteiger partial charge in [0.25, 0.3) is 0 Å². The molecule has 21 heavy (non-hydrogen) atoms. The van der Waals surface area contributed by atoms with Gasteiger partial charge in [0.2, 0.25) is 5.91 Å². The molecule has 1 aliphatic heterocycles. The van der Waals surface area contributed by atoms with Crippen molar-refractivity contribution in [3.05, 3.63) is 18.2 Å². The van der Waals surface area contributed by atoms with E-state index < -0.39 is 9.84 Å². The summed E-state index contributed by atoms with van der Waals surface area (Å²) in [4.78, 5) is 13.8. The van der Waals surface area contributed by atoms with Crippen LogP contribution in [0.2, 0.25) is 0 Å². The van der Waals surface area contributed by atoms with E-state index in [1.54, 1.807) is 17.9 Å². The smallest absolute Gasteiger partial charge is 0.226 e. The Morgan fingerprint density at radius 2 is 2.19 bits per heavy atom. The van der Waals surface area contributed by atoms with Crippen LogP contribution in [0, 0.1) is 0 Å². The molecule has 0 bridgehead atoms. The van der Waals surface area contributed by atoms with Crippen LogP contribution in [0.4, 0.5) is 5.69 Å². The SMILES string of the molecule is CCC(=O)N1CCOc2ccc(S(=O)(=O)CCCN)cc21. The van der Waals surface area contributed by atoms with Gasteiger partial charge in [-0.3, -0.25) is 4.79 Å². The maximum absolute atomic E-state index is 12.2. The molecule has 1 amide bonds. The normalized spacial score (nSPS) is 14.5. The summed E-state index contributed by atoms with van der Waals surface area (Å²) in [5, 5.41) is 0. The van der Waals surface area contributed by atoms with Crippen LogP contribution in [-0.4, -0.2) is 39.8 Å². The van der Waals surface area contributed by atoms with Crippen LogP contribution in [0.5, 0.6) is 5.75 Å². The van der Waals surface area contributed by atoms with Crippen molar-refractivity contribution in [2.75, 3.05) is 30.3 Å². The number of fused-ring (bicyclic) bond motifs is 1. The highest BCUT2D eigenvalue weighted by atomic mass is 32.2. The number of rotatable bonds is 5. The summed E-state index contributed by atoms with van der Waals surface area (Å²) >= 11 is 0. The Morgan fingerprint density at radius 1 is 1.43 bits per heavy atom. The van der Waals surface area contributed by atoms with E-state index in [-0.39, 0.29) is 16.6 Å². The summed E-state index contributed by atoms with van der Waals surface area (Å²) in [6, 6.07) is 4.65. The number of hydrogen-bond acceptors (Lipinski definition) is 5. The zero-order valence-corrected chi connectivity index (χ0v) is 12.9. The minimum Gasteiger partial charge on any atom is -0.490 e. The molecule has 2 rings (SSSR count). The number of nitrogens with two attached hydrogens (primary N) is 1. The number of nitrogens with zero attached hydrogens (tertiary/aromatic N) is 1. The molecule has 0 saturated carbocycles. The molecule has 1 aromatic carbocycles. The molecule has 1 aromatic rings. The van der Waals surface area contributed by atoms with E-state index >= 15 is 0 Å². The fraction of sp³-hybridized carbons (Fsp3) is 0.500. The maximum Gasteiger partial charge on any atom is 0.226 e. The predicted octanol–water partition coefficient (Wildman–Crippen LogP) is 0.945. The van der Waals surface area contributed by atoms with E-state index in [1.165, 1.54) is 12.1 Å². The number of benzene rings is 1. The van der Waals surface area contributed by atoms with Crippen molar-refractivity contribution < 1.29 is 17.9 Å². The third-order valence-corrected chi connectivity index (χ3v) is 5.17. The molecule has 0 fully saturated rings. The minimum atomic E-state index is -3.39. The first kappa shape index (κ1) is 15.8. The summed E-state index contributed by atoms with van der Waals surface area (Å²) in [5.41, 5.74) is 5.90. The van der Waals surface area contributed by atoms with Gasteiger partial charge in [-0.05, 0) is 31.2 Å². The Bertz CT molecular complexity index is 628. The van der Waals surface area contributed by atoms with Gasteiger partial charge in [0.15, 0.2) is 9.84 Å². The monoisotopic (exact) mass is 312 g/mol. The number of ether oxygens (including phenoxy) is 1. The van der Waals surface area contributed by atoms with Crippen LogP contribution in [0.3, 0.4) is 0 Å². The Hall–Kier alpha value is -1.60. The van der Waals surface area contributed by atoms with E-state index in [0.717, 1.165) is 0 Å². The molecule has 0 atom stereocenters. The molecule has 1 aliphatic rings. The van der Waals surface area contributed by atoms with Crippen molar-refractivity contribution in [2.24, 2.45) is 5.73 Å². The van der Waals surface area contributed by atoms with Gasteiger partial charge in [0.1, 0.15) is 12.4 Å². The van der Waals surface area contributed by atoms with Crippen molar-refractivity contribution in [3.63, 3.8) is 0 Å². The molecule has 0 aliphatic carbocycles. The molecule has 7 heteroatoms. The molecule has 0 saturated heterocycles. The molecule has 0 radical (unpaired) electrons. The van der Waals surface area contributed by atoms with Gasteiger partial charge in [-0.15, -0.1) is 0 Å². The van der Waals surface area contributed by atoms with Crippen molar-refractivity contribution >= 4 is 21.4 Å². The number of sulfone groups is 1. The first-order valence-electron chi connectivity index (χ1n) is 6.99. The summed E-state index contributed by atoms with van der Waals surface area (Å²) in [6.45, 7) is 2.96. The molecule has 6 nitrogen and oxygen atoms in total. The fourth-order valence-electron chi connectivity index (χ4n) is 2.23. The summed E-state index contributed by atoms with van der Waals surface area (Å²) in [6.07, 6.45) is 0.775. The van der Waals surface area contributed by atoms with Crippen molar-refractivity contribution in [1.29, 1.82) is 0 Å². The molecule has 1 heterocycles. The quantitative estimate of drug-likeness (QED) is 0.874. The van der Waals surface area contributed by atoms with Gasteiger partial charge in [0, 0.05) is 6.42 Å². The van der Waals surface area contributed by atoms with Gasteiger partial charge in [0.05, 0.1) is 22.9 Å². The molecule has 116 valence electrons. The number of amides is 1. The molecular formula is C14H20N2O4S. The number of carbonyl (C=O) groups is 1. The first-order valence-corrected chi connectivity index (χ1v) is 8.65. The van der Waals surface area contributed by atoms with Crippen LogP contribution in [-0.2, 0) is 14.6 Å². The van der Waals surface area contributed by atoms with E-state index in [2.05, 4.69) is 0 Å². The van der Waals surface area contributed by atoms with Crippen LogP contribution in [0.25, 0.3) is 0 Å². The van der Waals surface area contributed by atoms with Gasteiger partial charge in [-0.1, -0.05) is 6.92 Å². The maximum atomic E-state index is 12.2. The lowest BCUT2D eigenvalue weighted by Gasteiger charge is -2.29. The van der Waals surface area contributed by atoms with Gasteiger partial charge in [-0.2, -0.15) is 0 Å². The van der Waals surface area contributed by atoms with E-state index in [1.807, 2.05) is 0 Å². The third kappa shape index (κ3) is 3.36. The second-order valence-electron chi connectivity index (χ2n) is 4.84. The average molecular weight is 312 g/mol. The second-order valence-corrected chi connectivity index (χ2v) is 6.95. The second kappa shape index (κ2) is 6.44. The summed E-state index contributed by atoms with van der Waals surface area (Å²) in [5.74, 6) is 0.502. The van der Waals surface area contributed by atoms with Gasteiger partial charge < -0.3 is 15.4 Å². The van der Waals surface area contributed by atoms with Crippen LogP contribution in [0.1, 0.15) is 19.8 Å². The lowest BCUT2D eigenvalue weighted by molar-refractivity contribution is -0.118. The van der Waals surface area contributed by atoms with Crippen molar-refractivity contribution in [3.8, 4) is 5.75 Å². The number of hydrogen-bond donors (Lipinski definition) is 1. The minimum absolute atomic E-state index is 0.00483. The van der Waals surface area contributed by atoms with Crippen LogP contribution < -0.4 is 15.4 Å². The molecule has 0 aromatic heterocycles. The Morgan fingerprint density at radius 3 is 2.86 bits per heavy atom. The van der Waals surface area contributed by atoms with E-state index in [4.69, 9.17) is 10.5 Å². The fourth-order valence-corrected chi connectivity index (χ4v) is 3.58. The predicted molar refractivity (Wildman–Crippen MR) is 80.3 cm³/mol. The van der Waals surface area contributed by atoms with E-state index in [0.29, 0.717) is 44.0 Å². The zero-order chi connectivity index (χ0) is 15.5. The molecular weight excluding hydrogens is 292 g/mol. The summed E-state index contributed by atoms with van der Waals surface area (Å²) < 4.78 is 29.9. The third-order valence-electron chi connectivity index (χ3n) is 3.37. The molecule has 0 spiro atoms. The van der Waals surface area contributed by atoms with Crippen LogP contribution >= 0.6 is 0 Å².